The highest BCUT2D eigenvalue weighted by Crippen LogP contribution is 2.39. The Morgan fingerprint density at radius 3 is 2.16 bits per heavy atom. The number of ether oxygens (including phenoxy) is 1. The van der Waals surface area contributed by atoms with Gasteiger partial charge in [0.15, 0.2) is 11.4 Å². The molecule has 1 heterocycles. The Morgan fingerprint density at radius 1 is 1.21 bits per heavy atom. The Bertz CT molecular complexity index is 459. The minimum atomic E-state index is -5.34. The van der Waals surface area contributed by atoms with E-state index in [-0.39, 0.29) is 5.69 Å². The van der Waals surface area contributed by atoms with Crippen molar-refractivity contribution in [1.29, 1.82) is 0 Å². The van der Waals surface area contributed by atoms with Gasteiger partial charge in [-0.05, 0) is 6.07 Å². The van der Waals surface area contributed by atoms with Crippen molar-refractivity contribution in [3.63, 3.8) is 0 Å². The standard InChI is InChI=1S/C9H6ClF6NO2/c10-2-5-1-4(3-18)6(19-9(14,15)16)7(17-5)8(11,12)13/h1,18H,2-3H2. The monoisotopic (exact) mass is 309 g/mol. The number of alkyl halides is 7. The number of nitrogens with zero attached hydrogens (tertiary/aromatic N) is 1. The lowest BCUT2D eigenvalue weighted by Crippen LogP contribution is -2.22. The average Bonchev–Trinajstić information content (AvgIpc) is 2.25. The zero-order valence-corrected chi connectivity index (χ0v) is 9.70. The molecule has 0 bridgehead atoms. The minimum Gasteiger partial charge on any atom is -0.403 e. The molecular formula is C9H6ClF6NO2. The first-order valence-electron chi connectivity index (χ1n) is 4.61. The second kappa shape index (κ2) is 5.41. The molecule has 0 saturated carbocycles. The minimum absolute atomic E-state index is 0.326. The summed E-state index contributed by atoms with van der Waals surface area (Å²) in [5.74, 6) is -2.03. The van der Waals surface area contributed by atoms with Crippen LogP contribution < -0.4 is 4.74 Å². The first kappa shape index (κ1) is 15.8. The fraction of sp³-hybridized carbons (Fsp3) is 0.444. The number of aliphatic hydroxyl groups excluding tert-OH is 1. The van der Waals surface area contributed by atoms with Crippen molar-refractivity contribution in [1.82, 2.24) is 4.98 Å². The molecule has 19 heavy (non-hydrogen) atoms. The number of aromatic nitrogens is 1. The highest BCUT2D eigenvalue weighted by Gasteiger charge is 2.42. The molecule has 0 atom stereocenters. The Hall–Kier alpha value is -1.22. The summed E-state index contributed by atoms with van der Waals surface area (Å²) in [6.07, 6.45) is -10.5. The lowest BCUT2D eigenvalue weighted by Gasteiger charge is -2.18. The third-order valence-electron chi connectivity index (χ3n) is 1.90. The van der Waals surface area contributed by atoms with E-state index in [0.717, 1.165) is 6.07 Å². The molecule has 0 spiro atoms. The van der Waals surface area contributed by atoms with Crippen LogP contribution in [0.25, 0.3) is 0 Å². The van der Waals surface area contributed by atoms with Crippen molar-refractivity contribution in [2.24, 2.45) is 0 Å². The van der Waals surface area contributed by atoms with Crippen molar-refractivity contribution in [2.75, 3.05) is 0 Å². The molecule has 0 aliphatic carbocycles. The molecule has 0 aromatic carbocycles. The van der Waals surface area contributed by atoms with Crippen LogP contribution >= 0.6 is 11.6 Å². The molecular weight excluding hydrogens is 304 g/mol. The summed E-state index contributed by atoms with van der Waals surface area (Å²) in [6, 6.07) is 0.809. The van der Waals surface area contributed by atoms with Gasteiger partial charge in [0.2, 0.25) is 0 Å². The molecule has 1 rings (SSSR count). The highest BCUT2D eigenvalue weighted by atomic mass is 35.5. The third kappa shape index (κ3) is 4.13. The summed E-state index contributed by atoms with van der Waals surface area (Å²) >= 11 is 5.29. The van der Waals surface area contributed by atoms with E-state index in [1.807, 2.05) is 0 Å². The summed E-state index contributed by atoms with van der Waals surface area (Å²) in [4.78, 5) is 2.96. The Morgan fingerprint density at radius 2 is 1.79 bits per heavy atom. The van der Waals surface area contributed by atoms with E-state index in [4.69, 9.17) is 16.7 Å². The molecule has 0 fully saturated rings. The van der Waals surface area contributed by atoms with E-state index in [2.05, 4.69) is 9.72 Å². The zero-order valence-electron chi connectivity index (χ0n) is 8.94. The third-order valence-corrected chi connectivity index (χ3v) is 2.17. The first-order chi connectivity index (χ1) is 8.58. The summed E-state index contributed by atoms with van der Waals surface area (Å²) in [5.41, 5.74) is -2.91. The van der Waals surface area contributed by atoms with Gasteiger partial charge in [0, 0.05) is 5.56 Å². The lowest BCUT2D eigenvalue weighted by atomic mass is 10.1. The SMILES string of the molecule is OCc1cc(CCl)nc(C(F)(F)F)c1OC(F)(F)F. The van der Waals surface area contributed by atoms with E-state index in [1.165, 1.54) is 0 Å². The smallest absolute Gasteiger partial charge is 0.403 e. The Kier molecular flexibility index (Phi) is 4.51. The van der Waals surface area contributed by atoms with E-state index in [1.54, 1.807) is 0 Å². The Balaban J connectivity index is 3.47. The van der Waals surface area contributed by atoms with Crippen molar-refractivity contribution >= 4 is 11.6 Å². The van der Waals surface area contributed by atoms with Gasteiger partial charge in [-0.1, -0.05) is 0 Å². The number of halogens is 7. The van der Waals surface area contributed by atoms with Crippen LogP contribution in [-0.4, -0.2) is 16.5 Å². The molecule has 1 aromatic rings. The number of aliphatic hydroxyl groups is 1. The molecule has 0 saturated heterocycles. The maximum Gasteiger partial charge on any atom is 0.573 e. The van der Waals surface area contributed by atoms with Crippen LogP contribution in [0.3, 0.4) is 0 Å². The number of hydrogen-bond donors (Lipinski definition) is 1. The van der Waals surface area contributed by atoms with Crippen LogP contribution in [0.5, 0.6) is 5.75 Å². The number of rotatable bonds is 3. The van der Waals surface area contributed by atoms with Gasteiger partial charge in [0.25, 0.3) is 0 Å². The molecule has 1 aromatic heterocycles. The van der Waals surface area contributed by atoms with Crippen molar-refractivity contribution in [3.8, 4) is 5.75 Å². The Labute approximate surface area is 107 Å². The number of hydrogen-bond acceptors (Lipinski definition) is 3. The quantitative estimate of drug-likeness (QED) is 0.688. The van der Waals surface area contributed by atoms with Gasteiger partial charge >= 0.3 is 12.5 Å². The van der Waals surface area contributed by atoms with Crippen molar-refractivity contribution < 1.29 is 36.2 Å². The first-order valence-corrected chi connectivity index (χ1v) is 5.14. The van der Waals surface area contributed by atoms with E-state index >= 15 is 0 Å². The van der Waals surface area contributed by atoms with E-state index < -0.39 is 42.0 Å². The fourth-order valence-electron chi connectivity index (χ4n) is 1.25. The van der Waals surface area contributed by atoms with Gasteiger partial charge in [0.1, 0.15) is 0 Å². The van der Waals surface area contributed by atoms with E-state index in [0.29, 0.717) is 0 Å². The molecule has 10 heteroatoms. The molecule has 1 N–H and O–H groups in total. The largest absolute Gasteiger partial charge is 0.573 e. The molecule has 0 amide bonds. The normalized spacial score (nSPS) is 12.6. The summed E-state index contributed by atoms with van der Waals surface area (Å²) in [7, 11) is 0. The van der Waals surface area contributed by atoms with Crippen LogP contribution in [0.2, 0.25) is 0 Å². The van der Waals surface area contributed by atoms with Gasteiger partial charge < -0.3 is 9.84 Å². The van der Waals surface area contributed by atoms with Crippen LogP contribution in [0, 0.1) is 0 Å². The molecule has 108 valence electrons. The zero-order chi connectivity index (χ0) is 14.8. The second-order valence-electron chi connectivity index (χ2n) is 3.29. The van der Waals surface area contributed by atoms with Crippen molar-refractivity contribution in [3.05, 3.63) is 23.0 Å². The van der Waals surface area contributed by atoms with Crippen molar-refractivity contribution in [2.45, 2.75) is 25.0 Å². The van der Waals surface area contributed by atoms with Crippen LogP contribution in [0.4, 0.5) is 26.3 Å². The molecule has 3 nitrogen and oxygen atoms in total. The maximum absolute atomic E-state index is 12.6. The lowest BCUT2D eigenvalue weighted by molar-refractivity contribution is -0.277. The predicted octanol–water partition coefficient (Wildman–Crippen LogP) is 3.23. The average molecular weight is 310 g/mol. The summed E-state index contributed by atoms with van der Waals surface area (Å²) < 4.78 is 77.4. The summed E-state index contributed by atoms with van der Waals surface area (Å²) in [6.45, 7) is -1.08. The van der Waals surface area contributed by atoms with Crippen LogP contribution in [-0.2, 0) is 18.7 Å². The van der Waals surface area contributed by atoms with Gasteiger partial charge in [0.05, 0.1) is 18.2 Å². The van der Waals surface area contributed by atoms with Gasteiger partial charge in [-0.2, -0.15) is 13.2 Å². The molecule has 0 unspecified atom stereocenters. The van der Waals surface area contributed by atoms with E-state index in [9.17, 15) is 26.3 Å². The summed E-state index contributed by atoms with van der Waals surface area (Å²) in [5, 5.41) is 8.84. The van der Waals surface area contributed by atoms with Gasteiger partial charge in [-0.3, -0.25) is 0 Å². The van der Waals surface area contributed by atoms with Crippen LogP contribution in [0.1, 0.15) is 17.0 Å². The maximum atomic E-state index is 12.6. The van der Waals surface area contributed by atoms with Gasteiger partial charge in [-0.15, -0.1) is 24.8 Å². The highest BCUT2D eigenvalue weighted by molar-refractivity contribution is 6.16. The number of pyridine rings is 1. The topological polar surface area (TPSA) is 42.4 Å². The fourth-order valence-corrected chi connectivity index (χ4v) is 1.39. The molecule has 0 aliphatic rings. The molecule has 0 aliphatic heterocycles. The second-order valence-corrected chi connectivity index (χ2v) is 3.56. The predicted molar refractivity (Wildman–Crippen MR) is 51.4 cm³/mol. The van der Waals surface area contributed by atoms with Gasteiger partial charge in [-0.25, -0.2) is 4.98 Å². The van der Waals surface area contributed by atoms with Crippen LogP contribution in [0.15, 0.2) is 6.07 Å². The molecule has 0 radical (unpaired) electrons.